The molecule has 0 aliphatic carbocycles. The van der Waals surface area contributed by atoms with Crippen LogP contribution in [0.2, 0.25) is 0 Å². The molecule has 0 aliphatic heterocycles. The van der Waals surface area contributed by atoms with Crippen LogP contribution in [0.4, 0.5) is 9.52 Å². The largest absolute Gasteiger partial charge is 0.309 e. The zero-order valence-corrected chi connectivity index (χ0v) is 13.9. The number of thiazole rings is 1. The normalized spacial score (nSPS) is 10.7. The third kappa shape index (κ3) is 4.36. The molecule has 2 rings (SSSR count). The number of nitrogens with zero attached hydrogens (tertiary/aromatic N) is 3. The topological polar surface area (TPSA) is 36.4 Å². The van der Waals surface area contributed by atoms with Crippen molar-refractivity contribution in [3.8, 4) is 0 Å². The van der Waals surface area contributed by atoms with E-state index in [2.05, 4.69) is 9.88 Å². The summed E-state index contributed by atoms with van der Waals surface area (Å²) < 4.78 is 14.4. The zero-order valence-electron chi connectivity index (χ0n) is 12.3. The average molecular weight is 332 g/mol. The van der Waals surface area contributed by atoms with E-state index < -0.39 is 0 Å². The molecule has 0 aliphatic rings. The van der Waals surface area contributed by atoms with Crippen molar-refractivity contribution in [2.24, 2.45) is 0 Å². The van der Waals surface area contributed by atoms with Crippen LogP contribution in [-0.4, -0.2) is 43.0 Å². The molecule has 0 fully saturated rings. The third-order valence-electron chi connectivity index (χ3n) is 2.96. The predicted octanol–water partition coefficient (Wildman–Crippen LogP) is 3.16. The Balaban J connectivity index is 0.00000220. The standard InChI is InChI=1S/C14H18FN3OS.ClH/c1-10(19)18(9-5-8-17(2)3)14-16-13-11(15)6-4-7-12(13)20-14;/h4,6-7H,5,8-9H2,1-3H3;1H. The Morgan fingerprint density at radius 2 is 2.05 bits per heavy atom. The third-order valence-corrected chi connectivity index (χ3v) is 4.00. The maximum Gasteiger partial charge on any atom is 0.225 e. The van der Waals surface area contributed by atoms with Crippen LogP contribution in [0.5, 0.6) is 0 Å². The molecule has 0 bridgehead atoms. The quantitative estimate of drug-likeness (QED) is 0.844. The average Bonchev–Trinajstić information content (AvgIpc) is 2.78. The summed E-state index contributed by atoms with van der Waals surface area (Å²) in [6.45, 7) is 3.00. The lowest BCUT2D eigenvalue weighted by atomic mass is 10.3. The second kappa shape index (κ2) is 7.68. The van der Waals surface area contributed by atoms with Gasteiger partial charge in [0.15, 0.2) is 5.13 Å². The minimum absolute atomic E-state index is 0. The minimum Gasteiger partial charge on any atom is -0.309 e. The Morgan fingerprint density at radius 1 is 1.33 bits per heavy atom. The van der Waals surface area contributed by atoms with Crippen molar-refractivity contribution in [2.75, 3.05) is 32.1 Å². The van der Waals surface area contributed by atoms with Gasteiger partial charge < -0.3 is 4.90 Å². The molecule has 0 N–H and O–H groups in total. The van der Waals surface area contributed by atoms with Gasteiger partial charge in [-0.1, -0.05) is 17.4 Å². The highest BCUT2D eigenvalue weighted by Crippen LogP contribution is 2.30. The van der Waals surface area contributed by atoms with Gasteiger partial charge in [0, 0.05) is 13.5 Å². The SMILES string of the molecule is CC(=O)N(CCCN(C)C)c1nc2c(F)cccc2s1.Cl. The monoisotopic (exact) mass is 331 g/mol. The van der Waals surface area contributed by atoms with E-state index >= 15 is 0 Å². The first-order chi connectivity index (χ1) is 9.49. The van der Waals surface area contributed by atoms with Crippen molar-refractivity contribution >= 4 is 45.0 Å². The Hall–Kier alpha value is -1.24. The number of halogens is 2. The van der Waals surface area contributed by atoms with Gasteiger partial charge in [-0.25, -0.2) is 9.37 Å². The van der Waals surface area contributed by atoms with Crippen molar-refractivity contribution in [3.63, 3.8) is 0 Å². The number of para-hydroxylation sites is 1. The van der Waals surface area contributed by atoms with Crippen molar-refractivity contribution in [2.45, 2.75) is 13.3 Å². The van der Waals surface area contributed by atoms with E-state index in [0.29, 0.717) is 17.2 Å². The number of hydrogen-bond donors (Lipinski definition) is 0. The molecule has 0 spiro atoms. The summed E-state index contributed by atoms with van der Waals surface area (Å²) in [5, 5.41) is 0.566. The molecule has 7 heteroatoms. The molecule has 2 aromatic rings. The fourth-order valence-corrected chi connectivity index (χ4v) is 3.00. The van der Waals surface area contributed by atoms with Gasteiger partial charge in [0.2, 0.25) is 5.91 Å². The molecular weight excluding hydrogens is 313 g/mol. The Kier molecular flexibility index (Phi) is 6.51. The maximum atomic E-state index is 13.7. The Bertz CT molecular complexity index is 617. The van der Waals surface area contributed by atoms with E-state index in [-0.39, 0.29) is 24.1 Å². The summed E-state index contributed by atoms with van der Waals surface area (Å²) in [6.07, 6.45) is 0.852. The molecule has 1 amide bonds. The van der Waals surface area contributed by atoms with Gasteiger partial charge in [0.1, 0.15) is 11.3 Å². The molecule has 116 valence electrons. The van der Waals surface area contributed by atoms with Crippen LogP contribution >= 0.6 is 23.7 Å². The first kappa shape index (κ1) is 17.8. The molecule has 4 nitrogen and oxygen atoms in total. The van der Waals surface area contributed by atoms with E-state index in [0.717, 1.165) is 17.7 Å². The van der Waals surface area contributed by atoms with Gasteiger partial charge >= 0.3 is 0 Å². The molecule has 0 unspecified atom stereocenters. The summed E-state index contributed by atoms with van der Waals surface area (Å²) >= 11 is 1.35. The molecule has 21 heavy (non-hydrogen) atoms. The number of carbonyl (C=O) groups excluding carboxylic acids is 1. The van der Waals surface area contributed by atoms with E-state index in [1.165, 1.54) is 24.3 Å². The number of aromatic nitrogens is 1. The number of hydrogen-bond acceptors (Lipinski definition) is 4. The maximum absolute atomic E-state index is 13.7. The summed E-state index contributed by atoms with van der Waals surface area (Å²) in [4.78, 5) is 19.7. The van der Waals surface area contributed by atoms with E-state index in [4.69, 9.17) is 0 Å². The van der Waals surface area contributed by atoms with Gasteiger partial charge in [-0.3, -0.25) is 9.69 Å². The number of benzene rings is 1. The van der Waals surface area contributed by atoms with Crippen LogP contribution in [0.1, 0.15) is 13.3 Å². The number of fused-ring (bicyclic) bond motifs is 1. The minimum atomic E-state index is -0.346. The molecule has 0 atom stereocenters. The van der Waals surface area contributed by atoms with E-state index in [1.54, 1.807) is 11.0 Å². The summed E-state index contributed by atoms with van der Waals surface area (Å²) in [5.74, 6) is -0.412. The molecule has 1 aromatic heterocycles. The van der Waals surface area contributed by atoms with Crippen LogP contribution in [0, 0.1) is 5.82 Å². The predicted molar refractivity (Wildman–Crippen MR) is 88.0 cm³/mol. The number of amides is 1. The van der Waals surface area contributed by atoms with Gasteiger partial charge in [-0.15, -0.1) is 12.4 Å². The molecule has 1 aromatic carbocycles. The summed E-state index contributed by atoms with van der Waals surface area (Å²) in [7, 11) is 3.98. The highest BCUT2D eigenvalue weighted by Gasteiger charge is 2.17. The first-order valence-electron chi connectivity index (χ1n) is 6.47. The van der Waals surface area contributed by atoms with Crippen molar-refractivity contribution in [1.82, 2.24) is 9.88 Å². The highest BCUT2D eigenvalue weighted by molar-refractivity contribution is 7.22. The lowest BCUT2D eigenvalue weighted by Crippen LogP contribution is -2.31. The number of anilines is 1. The lowest BCUT2D eigenvalue weighted by molar-refractivity contribution is -0.116. The fraction of sp³-hybridized carbons (Fsp3) is 0.429. The zero-order chi connectivity index (χ0) is 14.7. The Morgan fingerprint density at radius 3 is 2.62 bits per heavy atom. The summed E-state index contributed by atoms with van der Waals surface area (Å²) in [5.41, 5.74) is 0.339. The molecule has 1 heterocycles. The highest BCUT2D eigenvalue weighted by atomic mass is 35.5. The van der Waals surface area contributed by atoms with Crippen LogP contribution in [0.25, 0.3) is 10.2 Å². The van der Waals surface area contributed by atoms with Gasteiger partial charge in [-0.2, -0.15) is 0 Å². The van der Waals surface area contributed by atoms with Gasteiger partial charge in [0.25, 0.3) is 0 Å². The lowest BCUT2D eigenvalue weighted by Gasteiger charge is -2.19. The van der Waals surface area contributed by atoms with E-state index in [9.17, 15) is 9.18 Å². The second-order valence-corrected chi connectivity index (χ2v) is 5.92. The molecule has 0 radical (unpaired) electrons. The van der Waals surface area contributed by atoms with Crippen molar-refractivity contribution in [1.29, 1.82) is 0 Å². The molecular formula is C14H19ClFN3OS. The van der Waals surface area contributed by atoms with Crippen LogP contribution in [-0.2, 0) is 4.79 Å². The van der Waals surface area contributed by atoms with Crippen molar-refractivity contribution < 1.29 is 9.18 Å². The van der Waals surface area contributed by atoms with E-state index in [1.807, 2.05) is 20.2 Å². The number of carbonyl (C=O) groups is 1. The smallest absolute Gasteiger partial charge is 0.225 e. The second-order valence-electron chi connectivity index (χ2n) is 4.91. The number of rotatable bonds is 5. The molecule has 0 saturated carbocycles. The fourth-order valence-electron chi connectivity index (χ4n) is 1.95. The Labute approximate surface area is 134 Å². The van der Waals surface area contributed by atoms with Crippen LogP contribution in [0.15, 0.2) is 18.2 Å². The molecule has 0 saturated heterocycles. The summed E-state index contributed by atoms with van der Waals surface area (Å²) in [6, 6.07) is 4.86. The van der Waals surface area contributed by atoms with Crippen LogP contribution in [0.3, 0.4) is 0 Å². The van der Waals surface area contributed by atoms with Gasteiger partial charge in [-0.05, 0) is 39.2 Å². The van der Waals surface area contributed by atoms with Crippen LogP contribution < -0.4 is 4.90 Å². The van der Waals surface area contributed by atoms with Crippen molar-refractivity contribution in [3.05, 3.63) is 24.0 Å². The van der Waals surface area contributed by atoms with Gasteiger partial charge in [0.05, 0.1) is 4.70 Å². The first-order valence-corrected chi connectivity index (χ1v) is 7.28.